The topological polar surface area (TPSA) is 50.7 Å². The van der Waals surface area contributed by atoms with Gasteiger partial charge < -0.3 is 5.32 Å². The Morgan fingerprint density at radius 1 is 1.05 bits per heavy atom. The van der Waals surface area contributed by atoms with Crippen molar-refractivity contribution in [2.45, 2.75) is 13.8 Å². The molecular formula is C15H14N4S. The van der Waals surface area contributed by atoms with Gasteiger partial charge in [-0.1, -0.05) is 12.1 Å². The number of thiazole rings is 1. The Kier molecular flexibility index (Phi) is 3.43. The Labute approximate surface area is 121 Å². The number of hydrogen-bond donors (Lipinski definition) is 1. The van der Waals surface area contributed by atoms with Crippen LogP contribution in [0.15, 0.2) is 42.0 Å². The molecule has 0 unspecified atom stereocenters. The molecule has 0 aliphatic rings. The molecule has 0 bridgehead atoms. The molecule has 0 fully saturated rings. The molecule has 0 amide bonds. The van der Waals surface area contributed by atoms with E-state index in [2.05, 4.69) is 37.8 Å². The molecule has 0 saturated carbocycles. The number of hydrogen-bond acceptors (Lipinski definition) is 5. The third-order valence-electron chi connectivity index (χ3n) is 2.88. The highest BCUT2D eigenvalue weighted by molar-refractivity contribution is 7.09. The van der Waals surface area contributed by atoms with E-state index >= 15 is 0 Å². The fourth-order valence-corrected chi connectivity index (χ4v) is 2.51. The second-order valence-corrected chi connectivity index (χ2v) is 5.56. The van der Waals surface area contributed by atoms with Gasteiger partial charge >= 0.3 is 0 Å². The van der Waals surface area contributed by atoms with E-state index in [1.165, 1.54) is 0 Å². The summed E-state index contributed by atoms with van der Waals surface area (Å²) in [6.45, 7) is 3.96. The number of nitrogens with zero attached hydrogens (tertiary/aromatic N) is 3. The molecule has 4 nitrogen and oxygen atoms in total. The minimum Gasteiger partial charge on any atom is -0.340 e. The number of anilines is 2. The summed E-state index contributed by atoms with van der Waals surface area (Å²) < 4.78 is 0. The Bertz CT molecular complexity index is 719. The summed E-state index contributed by atoms with van der Waals surface area (Å²) >= 11 is 1.66. The van der Waals surface area contributed by atoms with E-state index in [0.29, 0.717) is 0 Å². The number of benzene rings is 1. The van der Waals surface area contributed by atoms with Gasteiger partial charge in [0.1, 0.15) is 12.1 Å². The minimum atomic E-state index is 0.801. The molecule has 0 atom stereocenters. The van der Waals surface area contributed by atoms with Crippen molar-refractivity contribution in [2.24, 2.45) is 0 Å². The van der Waals surface area contributed by atoms with Crippen molar-refractivity contribution >= 4 is 22.8 Å². The van der Waals surface area contributed by atoms with Gasteiger partial charge in [-0.3, -0.25) is 0 Å². The van der Waals surface area contributed by atoms with Gasteiger partial charge in [0.25, 0.3) is 0 Å². The lowest BCUT2D eigenvalue weighted by atomic mass is 10.1. The van der Waals surface area contributed by atoms with Crippen LogP contribution in [0.3, 0.4) is 0 Å². The molecule has 5 heteroatoms. The van der Waals surface area contributed by atoms with E-state index in [-0.39, 0.29) is 0 Å². The van der Waals surface area contributed by atoms with Crippen LogP contribution in [-0.4, -0.2) is 15.0 Å². The summed E-state index contributed by atoms with van der Waals surface area (Å²) in [4.78, 5) is 12.7. The molecule has 2 heterocycles. The monoisotopic (exact) mass is 282 g/mol. The standard InChI is InChI=1S/C15H14N4S/c1-10-7-15(17-9-16-10)19-13-5-3-12(4-6-13)14-8-20-11(2)18-14/h3-9H,1-2H3,(H,16,17,19). The van der Waals surface area contributed by atoms with Gasteiger partial charge in [0, 0.05) is 28.4 Å². The van der Waals surface area contributed by atoms with Crippen LogP contribution in [0.2, 0.25) is 0 Å². The van der Waals surface area contributed by atoms with Crippen LogP contribution in [0, 0.1) is 13.8 Å². The quantitative estimate of drug-likeness (QED) is 0.790. The summed E-state index contributed by atoms with van der Waals surface area (Å²) in [6.07, 6.45) is 1.56. The van der Waals surface area contributed by atoms with Crippen molar-refractivity contribution in [1.29, 1.82) is 0 Å². The first-order chi connectivity index (χ1) is 9.70. The number of nitrogens with one attached hydrogen (secondary N) is 1. The summed E-state index contributed by atoms with van der Waals surface area (Å²) in [5, 5.41) is 6.42. The smallest absolute Gasteiger partial charge is 0.133 e. The first-order valence-electron chi connectivity index (χ1n) is 6.29. The van der Waals surface area contributed by atoms with Crippen LogP contribution in [0.5, 0.6) is 0 Å². The van der Waals surface area contributed by atoms with Gasteiger partial charge in [0.05, 0.1) is 10.7 Å². The molecule has 0 aliphatic heterocycles. The Balaban J connectivity index is 1.79. The average molecular weight is 282 g/mol. The normalized spacial score (nSPS) is 10.5. The average Bonchev–Trinajstić information content (AvgIpc) is 2.86. The summed E-state index contributed by atoms with van der Waals surface area (Å²) in [6, 6.07) is 10.1. The third-order valence-corrected chi connectivity index (χ3v) is 3.65. The van der Waals surface area contributed by atoms with Gasteiger partial charge in [0.15, 0.2) is 0 Å². The molecule has 1 N–H and O–H groups in total. The fraction of sp³-hybridized carbons (Fsp3) is 0.133. The maximum Gasteiger partial charge on any atom is 0.133 e. The molecule has 3 aromatic rings. The Morgan fingerprint density at radius 3 is 2.50 bits per heavy atom. The Morgan fingerprint density at radius 2 is 1.85 bits per heavy atom. The predicted molar refractivity (Wildman–Crippen MR) is 82.3 cm³/mol. The van der Waals surface area contributed by atoms with Crippen molar-refractivity contribution in [3.8, 4) is 11.3 Å². The molecule has 1 aromatic carbocycles. The molecule has 0 radical (unpaired) electrons. The summed E-state index contributed by atoms with van der Waals surface area (Å²) in [5.74, 6) is 0.801. The highest BCUT2D eigenvalue weighted by Crippen LogP contribution is 2.24. The first kappa shape index (κ1) is 12.7. The van der Waals surface area contributed by atoms with Crippen LogP contribution in [-0.2, 0) is 0 Å². The van der Waals surface area contributed by atoms with Gasteiger partial charge in [-0.2, -0.15) is 0 Å². The summed E-state index contributed by atoms with van der Waals surface area (Å²) in [7, 11) is 0. The fourth-order valence-electron chi connectivity index (χ4n) is 1.89. The molecule has 3 rings (SSSR count). The minimum absolute atomic E-state index is 0.801. The number of aromatic nitrogens is 3. The van der Waals surface area contributed by atoms with Crippen LogP contribution in [0.25, 0.3) is 11.3 Å². The number of aryl methyl sites for hydroxylation is 2. The maximum absolute atomic E-state index is 4.48. The zero-order valence-corrected chi connectivity index (χ0v) is 12.1. The van der Waals surface area contributed by atoms with Crippen molar-refractivity contribution in [1.82, 2.24) is 15.0 Å². The van der Waals surface area contributed by atoms with E-state index in [1.807, 2.05) is 32.0 Å². The maximum atomic E-state index is 4.48. The molecule has 0 saturated heterocycles. The lowest BCUT2D eigenvalue weighted by Gasteiger charge is -2.06. The lowest BCUT2D eigenvalue weighted by Crippen LogP contribution is -1.95. The van der Waals surface area contributed by atoms with Crippen LogP contribution >= 0.6 is 11.3 Å². The van der Waals surface area contributed by atoms with Gasteiger partial charge in [-0.25, -0.2) is 15.0 Å². The molecule has 100 valence electrons. The van der Waals surface area contributed by atoms with E-state index in [0.717, 1.165) is 33.5 Å². The summed E-state index contributed by atoms with van der Waals surface area (Å²) in [5.41, 5.74) is 4.09. The largest absolute Gasteiger partial charge is 0.340 e. The van der Waals surface area contributed by atoms with Crippen molar-refractivity contribution in [3.05, 3.63) is 52.7 Å². The zero-order valence-electron chi connectivity index (χ0n) is 11.3. The van der Waals surface area contributed by atoms with E-state index in [9.17, 15) is 0 Å². The Hall–Kier alpha value is -2.27. The zero-order chi connectivity index (χ0) is 13.9. The van der Waals surface area contributed by atoms with Crippen LogP contribution in [0.1, 0.15) is 10.7 Å². The molecule has 0 spiro atoms. The van der Waals surface area contributed by atoms with Crippen LogP contribution < -0.4 is 5.32 Å². The third kappa shape index (κ3) is 2.83. The van der Waals surface area contributed by atoms with Crippen molar-refractivity contribution < 1.29 is 0 Å². The molecular weight excluding hydrogens is 268 g/mol. The van der Waals surface area contributed by atoms with E-state index < -0.39 is 0 Å². The van der Waals surface area contributed by atoms with Crippen LogP contribution in [0.4, 0.5) is 11.5 Å². The molecule has 20 heavy (non-hydrogen) atoms. The first-order valence-corrected chi connectivity index (χ1v) is 7.17. The predicted octanol–water partition coefficient (Wildman–Crippen LogP) is 3.96. The highest BCUT2D eigenvalue weighted by Gasteiger charge is 2.02. The van der Waals surface area contributed by atoms with Crippen molar-refractivity contribution in [3.63, 3.8) is 0 Å². The number of rotatable bonds is 3. The lowest BCUT2D eigenvalue weighted by molar-refractivity contribution is 1.10. The van der Waals surface area contributed by atoms with E-state index in [4.69, 9.17) is 0 Å². The van der Waals surface area contributed by atoms with Gasteiger partial charge in [-0.15, -0.1) is 11.3 Å². The molecule has 0 aliphatic carbocycles. The highest BCUT2D eigenvalue weighted by atomic mass is 32.1. The van der Waals surface area contributed by atoms with Gasteiger partial charge in [-0.05, 0) is 26.0 Å². The van der Waals surface area contributed by atoms with E-state index in [1.54, 1.807) is 17.7 Å². The second kappa shape index (κ2) is 5.38. The van der Waals surface area contributed by atoms with Crippen molar-refractivity contribution in [2.75, 3.05) is 5.32 Å². The second-order valence-electron chi connectivity index (χ2n) is 4.50. The SMILES string of the molecule is Cc1cc(Nc2ccc(-c3csc(C)n3)cc2)ncn1. The molecule has 2 aromatic heterocycles. The van der Waals surface area contributed by atoms with Gasteiger partial charge in [0.2, 0.25) is 0 Å².